The highest BCUT2D eigenvalue weighted by Crippen LogP contribution is 2.29. The SMILES string of the molecule is Cn1ccnc1NCC1CCCC1Cl. The molecule has 0 saturated heterocycles. The fourth-order valence-corrected chi connectivity index (χ4v) is 2.35. The first-order valence-electron chi connectivity index (χ1n) is 5.12. The van der Waals surface area contributed by atoms with Crippen LogP contribution >= 0.6 is 11.6 Å². The van der Waals surface area contributed by atoms with Crippen molar-refractivity contribution < 1.29 is 0 Å². The van der Waals surface area contributed by atoms with Crippen LogP contribution < -0.4 is 5.32 Å². The van der Waals surface area contributed by atoms with E-state index < -0.39 is 0 Å². The van der Waals surface area contributed by atoms with Crippen molar-refractivity contribution in [3.05, 3.63) is 12.4 Å². The van der Waals surface area contributed by atoms with Crippen molar-refractivity contribution in [2.45, 2.75) is 24.6 Å². The van der Waals surface area contributed by atoms with E-state index in [1.165, 1.54) is 12.8 Å². The molecule has 1 fully saturated rings. The Morgan fingerprint density at radius 1 is 1.64 bits per heavy atom. The van der Waals surface area contributed by atoms with Crippen LogP contribution in [0.1, 0.15) is 19.3 Å². The minimum absolute atomic E-state index is 0.350. The lowest BCUT2D eigenvalue weighted by molar-refractivity contribution is 0.582. The molecule has 1 N–H and O–H groups in total. The summed E-state index contributed by atoms with van der Waals surface area (Å²) in [6.45, 7) is 0.943. The predicted molar refractivity (Wildman–Crippen MR) is 58.7 cm³/mol. The summed E-state index contributed by atoms with van der Waals surface area (Å²) in [5.74, 6) is 1.54. The van der Waals surface area contributed by atoms with Gasteiger partial charge >= 0.3 is 0 Å². The van der Waals surface area contributed by atoms with Crippen LogP contribution in [0.15, 0.2) is 12.4 Å². The van der Waals surface area contributed by atoms with Crippen LogP contribution in [0.3, 0.4) is 0 Å². The zero-order valence-electron chi connectivity index (χ0n) is 8.41. The summed E-state index contributed by atoms with van der Waals surface area (Å²) in [4.78, 5) is 4.21. The van der Waals surface area contributed by atoms with E-state index in [0.717, 1.165) is 18.9 Å². The number of halogens is 1. The molecular weight excluding hydrogens is 198 g/mol. The smallest absolute Gasteiger partial charge is 0.202 e. The largest absolute Gasteiger partial charge is 0.355 e. The Morgan fingerprint density at radius 2 is 2.50 bits per heavy atom. The van der Waals surface area contributed by atoms with Gasteiger partial charge in [-0.25, -0.2) is 4.98 Å². The number of imidazole rings is 1. The van der Waals surface area contributed by atoms with E-state index in [2.05, 4.69) is 10.3 Å². The summed E-state index contributed by atoms with van der Waals surface area (Å²) < 4.78 is 1.98. The molecule has 0 amide bonds. The average molecular weight is 214 g/mol. The van der Waals surface area contributed by atoms with Crippen LogP contribution in [0, 0.1) is 5.92 Å². The molecule has 2 rings (SSSR count). The van der Waals surface area contributed by atoms with Gasteiger partial charge < -0.3 is 9.88 Å². The van der Waals surface area contributed by atoms with Gasteiger partial charge in [0.05, 0.1) is 0 Å². The summed E-state index contributed by atoms with van der Waals surface area (Å²) in [6, 6.07) is 0. The van der Waals surface area contributed by atoms with Crippen molar-refractivity contribution in [2.24, 2.45) is 13.0 Å². The molecule has 78 valence electrons. The Hall–Kier alpha value is -0.700. The predicted octanol–water partition coefficient (Wildman–Crippen LogP) is 2.24. The molecule has 0 radical (unpaired) electrons. The topological polar surface area (TPSA) is 29.9 Å². The summed E-state index contributed by atoms with van der Waals surface area (Å²) in [5.41, 5.74) is 0. The van der Waals surface area contributed by atoms with E-state index in [0.29, 0.717) is 11.3 Å². The summed E-state index contributed by atoms with van der Waals surface area (Å²) >= 11 is 6.19. The van der Waals surface area contributed by atoms with Crippen molar-refractivity contribution in [3.8, 4) is 0 Å². The van der Waals surface area contributed by atoms with Crippen LogP contribution in [0.25, 0.3) is 0 Å². The Labute approximate surface area is 89.5 Å². The van der Waals surface area contributed by atoms with Gasteiger partial charge in [0.2, 0.25) is 5.95 Å². The van der Waals surface area contributed by atoms with E-state index in [9.17, 15) is 0 Å². The highest BCUT2D eigenvalue weighted by molar-refractivity contribution is 6.20. The van der Waals surface area contributed by atoms with E-state index in [4.69, 9.17) is 11.6 Å². The lowest BCUT2D eigenvalue weighted by Gasteiger charge is -2.14. The van der Waals surface area contributed by atoms with Crippen LogP contribution in [0.5, 0.6) is 0 Å². The van der Waals surface area contributed by atoms with E-state index >= 15 is 0 Å². The minimum atomic E-state index is 0.350. The second kappa shape index (κ2) is 4.22. The van der Waals surface area contributed by atoms with Crippen molar-refractivity contribution in [1.29, 1.82) is 0 Å². The quantitative estimate of drug-likeness (QED) is 0.781. The van der Waals surface area contributed by atoms with Gasteiger partial charge in [-0.1, -0.05) is 6.42 Å². The third-order valence-electron chi connectivity index (χ3n) is 2.91. The summed E-state index contributed by atoms with van der Waals surface area (Å²) in [7, 11) is 1.99. The molecule has 2 unspecified atom stereocenters. The fourth-order valence-electron chi connectivity index (χ4n) is 1.98. The number of hydrogen-bond acceptors (Lipinski definition) is 2. The molecule has 1 aromatic rings. The minimum Gasteiger partial charge on any atom is -0.355 e. The van der Waals surface area contributed by atoms with E-state index in [1.54, 1.807) is 6.20 Å². The van der Waals surface area contributed by atoms with Gasteiger partial charge in [-0.3, -0.25) is 0 Å². The van der Waals surface area contributed by atoms with Gasteiger partial charge in [0.1, 0.15) is 0 Å². The lowest BCUT2D eigenvalue weighted by Crippen LogP contribution is -2.19. The molecule has 1 aromatic heterocycles. The molecule has 4 heteroatoms. The van der Waals surface area contributed by atoms with Gasteiger partial charge in [0.15, 0.2) is 0 Å². The molecule has 0 aromatic carbocycles. The van der Waals surface area contributed by atoms with Crippen LogP contribution in [0.4, 0.5) is 5.95 Å². The van der Waals surface area contributed by atoms with Gasteiger partial charge in [0.25, 0.3) is 0 Å². The molecule has 0 spiro atoms. The maximum absolute atomic E-state index is 6.19. The number of nitrogens with one attached hydrogen (secondary N) is 1. The summed E-state index contributed by atoms with van der Waals surface area (Å²) in [5, 5.41) is 3.68. The zero-order chi connectivity index (χ0) is 9.97. The van der Waals surface area contributed by atoms with E-state index in [1.807, 2.05) is 17.8 Å². The second-order valence-corrected chi connectivity index (χ2v) is 4.51. The van der Waals surface area contributed by atoms with Crippen molar-refractivity contribution in [1.82, 2.24) is 9.55 Å². The zero-order valence-corrected chi connectivity index (χ0v) is 9.17. The highest BCUT2D eigenvalue weighted by Gasteiger charge is 2.24. The summed E-state index contributed by atoms with van der Waals surface area (Å²) in [6.07, 6.45) is 7.41. The number of nitrogens with zero attached hydrogens (tertiary/aromatic N) is 2. The Morgan fingerprint density at radius 3 is 3.07 bits per heavy atom. The van der Waals surface area contributed by atoms with Crippen molar-refractivity contribution in [3.63, 3.8) is 0 Å². The Bertz CT molecular complexity index is 297. The first-order chi connectivity index (χ1) is 6.77. The lowest BCUT2D eigenvalue weighted by atomic mass is 10.1. The van der Waals surface area contributed by atoms with Crippen LogP contribution in [-0.4, -0.2) is 21.5 Å². The molecule has 1 aliphatic carbocycles. The molecule has 1 saturated carbocycles. The van der Waals surface area contributed by atoms with Crippen molar-refractivity contribution in [2.75, 3.05) is 11.9 Å². The first-order valence-corrected chi connectivity index (χ1v) is 5.56. The normalized spacial score (nSPS) is 26.7. The maximum atomic E-state index is 6.19. The second-order valence-electron chi connectivity index (χ2n) is 3.95. The molecule has 14 heavy (non-hydrogen) atoms. The number of aryl methyl sites for hydroxylation is 1. The molecule has 1 aliphatic rings. The van der Waals surface area contributed by atoms with E-state index in [-0.39, 0.29) is 0 Å². The number of alkyl halides is 1. The van der Waals surface area contributed by atoms with Gasteiger partial charge in [-0.2, -0.15) is 0 Å². The Kier molecular flexibility index (Phi) is 2.96. The molecular formula is C10H16ClN3. The fraction of sp³-hybridized carbons (Fsp3) is 0.700. The Balaban J connectivity index is 1.85. The number of rotatable bonds is 3. The highest BCUT2D eigenvalue weighted by atomic mass is 35.5. The van der Waals surface area contributed by atoms with Gasteiger partial charge in [-0.15, -0.1) is 11.6 Å². The molecule has 0 aliphatic heterocycles. The number of hydrogen-bond donors (Lipinski definition) is 1. The number of aromatic nitrogens is 2. The monoisotopic (exact) mass is 213 g/mol. The molecule has 0 bridgehead atoms. The van der Waals surface area contributed by atoms with Crippen LogP contribution in [0.2, 0.25) is 0 Å². The van der Waals surface area contributed by atoms with Gasteiger partial charge in [-0.05, 0) is 18.8 Å². The van der Waals surface area contributed by atoms with Gasteiger partial charge in [0, 0.05) is 31.4 Å². The van der Waals surface area contributed by atoms with Crippen molar-refractivity contribution >= 4 is 17.5 Å². The standard InChI is InChI=1S/C10H16ClN3/c1-14-6-5-12-10(14)13-7-8-3-2-4-9(8)11/h5-6,8-9H,2-4,7H2,1H3,(H,12,13). The first kappa shape index (κ1) is 9.84. The molecule has 1 heterocycles. The third kappa shape index (κ3) is 2.03. The average Bonchev–Trinajstić information content (AvgIpc) is 2.72. The third-order valence-corrected chi connectivity index (χ3v) is 3.48. The van der Waals surface area contributed by atoms with Crippen LogP contribution in [-0.2, 0) is 7.05 Å². The number of anilines is 1. The molecule has 2 atom stereocenters. The maximum Gasteiger partial charge on any atom is 0.202 e. The molecule has 3 nitrogen and oxygen atoms in total.